The molecule has 4 heteroatoms. The number of rotatable bonds is 4. The summed E-state index contributed by atoms with van der Waals surface area (Å²) in [5.74, 6) is 1.67. The van der Waals surface area contributed by atoms with Crippen molar-refractivity contribution in [3.63, 3.8) is 0 Å². The highest BCUT2D eigenvalue weighted by atomic mass is 16.5. The van der Waals surface area contributed by atoms with Crippen LogP contribution in [0.3, 0.4) is 0 Å². The normalized spacial score (nSPS) is 25.2. The van der Waals surface area contributed by atoms with Crippen LogP contribution in [0.4, 0.5) is 0 Å². The Labute approximate surface area is 126 Å². The van der Waals surface area contributed by atoms with E-state index in [0.717, 1.165) is 43.6 Å². The first-order chi connectivity index (χ1) is 10.2. The van der Waals surface area contributed by atoms with Gasteiger partial charge in [-0.05, 0) is 50.2 Å². The van der Waals surface area contributed by atoms with Crippen molar-refractivity contribution in [1.82, 2.24) is 0 Å². The summed E-state index contributed by atoms with van der Waals surface area (Å²) < 4.78 is 16.6. The molecule has 2 unspecified atom stereocenters. The van der Waals surface area contributed by atoms with Crippen LogP contribution in [0.15, 0.2) is 18.2 Å². The van der Waals surface area contributed by atoms with Crippen molar-refractivity contribution < 1.29 is 19.3 Å². The van der Waals surface area contributed by atoms with E-state index >= 15 is 0 Å². The summed E-state index contributed by atoms with van der Waals surface area (Å²) in [4.78, 5) is 0. The van der Waals surface area contributed by atoms with E-state index in [0.29, 0.717) is 5.75 Å². The lowest BCUT2D eigenvalue weighted by atomic mass is 9.70. The van der Waals surface area contributed by atoms with Crippen molar-refractivity contribution in [1.29, 1.82) is 0 Å². The number of methoxy groups -OCH3 is 2. The lowest BCUT2D eigenvalue weighted by Gasteiger charge is -2.48. The van der Waals surface area contributed by atoms with Crippen molar-refractivity contribution >= 4 is 0 Å². The van der Waals surface area contributed by atoms with Gasteiger partial charge in [-0.1, -0.05) is 0 Å². The topological polar surface area (TPSA) is 47.9 Å². The molecule has 2 atom stereocenters. The molecule has 2 aliphatic rings. The Bertz CT molecular complexity index is 496. The van der Waals surface area contributed by atoms with Gasteiger partial charge >= 0.3 is 0 Å². The fourth-order valence-electron chi connectivity index (χ4n) is 3.57. The highest BCUT2D eigenvalue weighted by Gasteiger charge is 2.44. The van der Waals surface area contributed by atoms with E-state index in [1.807, 2.05) is 18.2 Å². The molecule has 3 rings (SSSR count). The van der Waals surface area contributed by atoms with Gasteiger partial charge in [-0.15, -0.1) is 0 Å². The molecule has 1 aliphatic heterocycles. The minimum Gasteiger partial charge on any atom is -0.497 e. The van der Waals surface area contributed by atoms with Gasteiger partial charge in [-0.25, -0.2) is 0 Å². The molecular formula is C17H24O4. The molecule has 1 saturated carbocycles. The fourth-order valence-corrected chi connectivity index (χ4v) is 3.57. The van der Waals surface area contributed by atoms with Gasteiger partial charge in [0.1, 0.15) is 11.5 Å². The molecule has 1 heterocycles. The van der Waals surface area contributed by atoms with E-state index in [9.17, 15) is 5.11 Å². The third kappa shape index (κ3) is 2.74. The van der Waals surface area contributed by atoms with Gasteiger partial charge in [0, 0.05) is 18.2 Å². The molecule has 0 amide bonds. The summed E-state index contributed by atoms with van der Waals surface area (Å²) in [6.07, 6.45) is 4.86. The van der Waals surface area contributed by atoms with Crippen molar-refractivity contribution in [2.45, 2.75) is 43.8 Å². The van der Waals surface area contributed by atoms with Gasteiger partial charge in [0.05, 0.1) is 25.9 Å². The summed E-state index contributed by atoms with van der Waals surface area (Å²) in [6, 6.07) is 5.61. The third-order valence-electron chi connectivity index (χ3n) is 5.00. The van der Waals surface area contributed by atoms with Crippen molar-refractivity contribution in [2.24, 2.45) is 5.92 Å². The number of aliphatic hydroxyl groups is 1. The Kier molecular flexibility index (Phi) is 4.09. The first-order valence-corrected chi connectivity index (χ1v) is 7.71. The van der Waals surface area contributed by atoms with Crippen LogP contribution in [0.1, 0.15) is 43.8 Å². The Balaban J connectivity index is 1.79. The zero-order chi connectivity index (χ0) is 14.9. The molecule has 0 radical (unpaired) electrons. The summed E-state index contributed by atoms with van der Waals surface area (Å²) in [6.45, 7) is 0.750. The van der Waals surface area contributed by atoms with Crippen LogP contribution in [0.2, 0.25) is 0 Å². The number of benzene rings is 1. The molecule has 0 aromatic heterocycles. The van der Waals surface area contributed by atoms with Crippen LogP contribution in [-0.4, -0.2) is 31.5 Å². The minimum absolute atomic E-state index is 0.0452. The maximum absolute atomic E-state index is 10.8. The Morgan fingerprint density at radius 3 is 2.71 bits per heavy atom. The molecule has 21 heavy (non-hydrogen) atoms. The van der Waals surface area contributed by atoms with Crippen LogP contribution in [0.25, 0.3) is 0 Å². The fraction of sp³-hybridized carbons (Fsp3) is 0.647. The number of hydrogen-bond acceptors (Lipinski definition) is 4. The lowest BCUT2D eigenvalue weighted by molar-refractivity contribution is -0.157. The molecule has 2 fully saturated rings. The number of hydrogen-bond donors (Lipinski definition) is 1. The maximum atomic E-state index is 10.8. The molecule has 1 N–H and O–H groups in total. The average molecular weight is 292 g/mol. The average Bonchev–Trinajstić information content (AvgIpc) is 2.52. The predicted molar refractivity (Wildman–Crippen MR) is 79.8 cm³/mol. The van der Waals surface area contributed by atoms with Crippen LogP contribution >= 0.6 is 0 Å². The van der Waals surface area contributed by atoms with Crippen molar-refractivity contribution in [3.05, 3.63) is 23.8 Å². The van der Waals surface area contributed by atoms with Crippen LogP contribution in [0.5, 0.6) is 11.5 Å². The molecule has 4 nitrogen and oxygen atoms in total. The van der Waals surface area contributed by atoms with Gasteiger partial charge < -0.3 is 19.3 Å². The Morgan fingerprint density at radius 1 is 1.29 bits per heavy atom. The van der Waals surface area contributed by atoms with Gasteiger partial charge in [-0.3, -0.25) is 0 Å². The van der Waals surface area contributed by atoms with Crippen molar-refractivity contribution in [3.8, 4) is 11.5 Å². The first-order valence-electron chi connectivity index (χ1n) is 7.71. The second kappa shape index (κ2) is 5.85. The van der Waals surface area contributed by atoms with E-state index in [4.69, 9.17) is 14.2 Å². The molecular weight excluding hydrogens is 268 g/mol. The second-order valence-electron chi connectivity index (χ2n) is 6.19. The van der Waals surface area contributed by atoms with Crippen molar-refractivity contribution in [2.75, 3.05) is 20.8 Å². The smallest absolute Gasteiger partial charge is 0.128 e. The minimum atomic E-state index is -0.507. The van der Waals surface area contributed by atoms with Crippen LogP contribution in [-0.2, 0) is 4.74 Å². The Morgan fingerprint density at radius 2 is 2.10 bits per heavy atom. The Hall–Kier alpha value is -1.26. The molecule has 1 aromatic carbocycles. The van der Waals surface area contributed by atoms with Gasteiger partial charge in [0.2, 0.25) is 0 Å². The first kappa shape index (κ1) is 14.7. The molecule has 116 valence electrons. The third-order valence-corrected chi connectivity index (χ3v) is 5.00. The summed E-state index contributed by atoms with van der Waals surface area (Å²) in [7, 11) is 3.26. The molecule has 1 saturated heterocycles. The largest absolute Gasteiger partial charge is 0.497 e. The summed E-state index contributed by atoms with van der Waals surface area (Å²) in [5.41, 5.74) is 0.892. The molecule has 1 aliphatic carbocycles. The van der Waals surface area contributed by atoms with E-state index < -0.39 is 6.10 Å². The zero-order valence-electron chi connectivity index (χ0n) is 12.8. The van der Waals surface area contributed by atoms with Gasteiger partial charge in [-0.2, -0.15) is 0 Å². The molecule has 1 spiro atoms. The summed E-state index contributed by atoms with van der Waals surface area (Å²) >= 11 is 0. The predicted octanol–water partition coefficient (Wildman–Crippen LogP) is 3.09. The highest BCUT2D eigenvalue weighted by Crippen LogP contribution is 2.48. The van der Waals surface area contributed by atoms with E-state index in [-0.39, 0.29) is 11.5 Å². The quantitative estimate of drug-likeness (QED) is 0.926. The number of ether oxygens (including phenoxy) is 3. The zero-order valence-corrected chi connectivity index (χ0v) is 12.8. The maximum Gasteiger partial charge on any atom is 0.128 e. The van der Waals surface area contributed by atoms with E-state index in [1.165, 1.54) is 6.42 Å². The molecule has 1 aromatic rings. The van der Waals surface area contributed by atoms with Crippen LogP contribution in [0, 0.1) is 5.92 Å². The van der Waals surface area contributed by atoms with Crippen LogP contribution < -0.4 is 9.47 Å². The molecule has 0 bridgehead atoms. The summed E-state index contributed by atoms with van der Waals surface area (Å²) in [5, 5.41) is 10.8. The lowest BCUT2D eigenvalue weighted by Crippen LogP contribution is -2.46. The van der Waals surface area contributed by atoms with E-state index in [2.05, 4.69) is 0 Å². The monoisotopic (exact) mass is 292 g/mol. The van der Waals surface area contributed by atoms with Gasteiger partial charge in [0.25, 0.3) is 0 Å². The number of aliphatic hydroxyl groups excluding tert-OH is 1. The highest BCUT2D eigenvalue weighted by molar-refractivity contribution is 5.42. The second-order valence-corrected chi connectivity index (χ2v) is 6.19. The van der Waals surface area contributed by atoms with Gasteiger partial charge in [0.15, 0.2) is 0 Å². The van der Waals surface area contributed by atoms with E-state index in [1.54, 1.807) is 14.2 Å². The SMILES string of the molecule is COc1ccc(C(O)C2CCOC3(CCC3)C2)c(OC)c1. The standard InChI is InChI=1S/C17H24O4/c1-19-13-4-5-14(15(10-13)20-2)16(18)12-6-9-21-17(11-12)7-3-8-17/h4-5,10,12,16,18H,3,6-9,11H2,1-2H3.